The van der Waals surface area contributed by atoms with Gasteiger partial charge in [0.1, 0.15) is 10.8 Å². The van der Waals surface area contributed by atoms with E-state index in [9.17, 15) is 13.2 Å². The average molecular weight is 363 g/mol. The molecule has 0 saturated carbocycles. The fourth-order valence-electron chi connectivity index (χ4n) is 2.21. The summed E-state index contributed by atoms with van der Waals surface area (Å²) in [6, 6.07) is 9.13. The van der Waals surface area contributed by atoms with E-state index in [1.807, 2.05) is 6.07 Å². The Morgan fingerprint density at radius 1 is 1.00 bits per heavy atom. The van der Waals surface area contributed by atoms with Gasteiger partial charge < -0.3 is 4.74 Å². The van der Waals surface area contributed by atoms with Gasteiger partial charge in [-0.3, -0.25) is 4.98 Å². The first-order valence-corrected chi connectivity index (χ1v) is 7.80. The topological polar surface area (TPSA) is 65.2 Å². The molecule has 0 fully saturated rings. The van der Waals surface area contributed by atoms with Crippen LogP contribution in [-0.4, -0.2) is 31.2 Å². The zero-order valence-corrected chi connectivity index (χ0v) is 13.1. The van der Waals surface area contributed by atoms with Crippen LogP contribution in [0.15, 0.2) is 48.8 Å². The van der Waals surface area contributed by atoms with Crippen LogP contribution < -0.4 is 4.74 Å². The molecule has 0 atom stereocenters. The fraction of sp³-hybridized carbons (Fsp3) is 0.0667. The first-order chi connectivity index (χ1) is 12.0. The summed E-state index contributed by atoms with van der Waals surface area (Å²) in [6.45, 7) is 0. The molecule has 0 radical (unpaired) electrons. The van der Waals surface area contributed by atoms with Crippen LogP contribution in [-0.2, 0) is 0 Å². The molecule has 4 aromatic rings. The van der Waals surface area contributed by atoms with Gasteiger partial charge in [-0.2, -0.15) is 9.61 Å². The third kappa shape index (κ3) is 3.15. The monoisotopic (exact) mass is 363 g/mol. The summed E-state index contributed by atoms with van der Waals surface area (Å²) in [5.41, 5.74) is 1.42. The van der Waals surface area contributed by atoms with Crippen LogP contribution in [0.1, 0.15) is 0 Å². The lowest BCUT2D eigenvalue weighted by Crippen LogP contribution is -2.16. The molecule has 0 aliphatic carbocycles. The number of halogens is 3. The summed E-state index contributed by atoms with van der Waals surface area (Å²) in [5, 5.41) is 13.2. The van der Waals surface area contributed by atoms with Crippen molar-refractivity contribution in [3.05, 3.63) is 48.8 Å². The van der Waals surface area contributed by atoms with Crippen molar-refractivity contribution >= 4 is 16.3 Å². The highest BCUT2D eigenvalue weighted by Crippen LogP contribution is 2.30. The Labute approximate surface area is 142 Å². The van der Waals surface area contributed by atoms with E-state index in [0.717, 1.165) is 5.56 Å². The third-order valence-electron chi connectivity index (χ3n) is 3.25. The van der Waals surface area contributed by atoms with Crippen LogP contribution in [0.4, 0.5) is 13.2 Å². The Morgan fingerprint density at radius 3 is 2.48 bits per heavy atom. The molecular formula is C15H8F3N5OS. The minimum atomic E-state index is -4.71. The van der Waals surface area contributed by atoms with Crippen LogP contribution in [0.2, 0.25) is 0 Å². The molecule has 0 saturated heterocycles. The van der Waals surface area contributed by atoms with Gasteiger partial charge >= 0.3 is 6.36 Å². The Bertz CT molecular complexity index is 1010. The number of ether oxygens (including phenoxy) is 1. The maximum Gasteiger partial charge on any atom is 0.573 e. The Balaban J connectivity index is 1.67. The lowest BCUT2D eigenvalue weighted by molar-refractivity contribution is -0.274. The van der Waals surface area contributed by atoms with E-state index in [1.165, 1.54) is 35.6 Å². The molecule has 0 unspecified atom stereocenters. The summed E-state index contributed by atoms with van der Waals surface area (Å²) in [5.74, 6) is 0.262. The fourth-order valence-corrected chi connectivity index (χ4v) is 3.05. The molecule has 1 aromatic carbocycles. The first-order valence-electron chi connectivity index (χ1n) is 6.98. The van der Waals surface area contributed by atoms with Crippen molar-refractivity contribution in [2.45, 2.75) is 6.36 Å². The van der Waals surface area contributed by atoms with Crippen LogP contribution in [0.5, 0.6) is 5.75 Å². The van der Waals surface area contributed by atoms with Gasteiger partial charge in [-0.15, -0.1) is 23.4 Å². The maximum absolute atomic E-state index is 12.2. The molecule has 3 heterocycles. The third-order valence-corrected chi connectivity index (χ3v) is 4.19. The van der Waals surface area contributed by atoms with Gasteiger partial charge in [0.05, 0.1) is 0 Å². The van der Waals surface area contributed by atoms with E-state index < -0.39 is 6.36 Å². The smallest absolute Gasteiger partial charge is 0.406 e. The molecular weight excluding hydrogens is 355 g/mol. The van der Waals surface area contributed by atoms with Crippen molar-refractivity contribution in [1.29, 1.82) is 0 Å². The lowest BCUT2D eigenvalue weighted by Gasteiger charge is -2.08. The van der Waals surface area contributed by atoms with E-state index in [0.29, 0.717) is 21.4 Å². The molecule has 0 N–H and O–H groups in total. The molecule has 4 rings (SSSR count). The summed E-state index contributed by atoms with van der Waals surface area (Å²) < 4.78 is 42.1. The SMILES string of the molecule is FC(F)(F)Oc1ccc(-c2nn3c(-c4cccnc4)nnc3s2)cc1. The van der Waals surface area contributed by atoms with Gasteiger partial charge in [-0.1, -0.05) is 11.3 Å². The summed E-state index contributed by atoms with van der Waals surface area (Å²) >= 11 is 1.28. The van der Waals surface area contributed by atoms with Gasteiger partial charge in [0.2, 0.25) is 4.96 Å². The molecule has 3 aromatic heterocycles. The quantitative estimate of drug-likeness (QED) is 0.554. The lowest BCUT2D eigenvalue weighted by atomic mass is 10.2. The second-order valence-corrected chi connectivity index (χ2v) is 5.90. The number of hydrogen-bond donors (Lipinski definition) is 0. The highest BCUT2D eigenvalue weighted by Gasteiger charge is 2.31. The number of aromatic nitrogens is 5. The molecule has 6 nitrogen and oxygen atoms in total. The minimum Gasteiger partial charge on any atom is -0.406 e. The van der Waals surface area contributed by atoms with Gasteiger partial charge in [-0.05, 0) is 36.4 Å². The highest BCUT2D eigenvalue weighted by atomic mass is 32.1. The van der Waals surface area contributed by atoms with Crippen LogP contribution in [0.3, 0.4) is 0 Å². The summed E-state index contributed by atoms with van der Waals surface area (Å²) in [6.07, 6.45) is -1.41. The van der Waals surface area contributed by atoms with E-state index in [1.54, 1.807) is 23.0 Å². The highest BCUT2D eigenvalue weighted by molar-refractivity contribution is 7.19. The van der Waals surface area contributed by atoms with Crippen LogP contribution in [0.25, 0.3) is 26.9 Å². The standard InChI is InChI=1S/C15H8F3N5OS/c16-15(17,18)24-11-5-3-9(4-6-11)13-22-23-12(20-21-14(23)25-13)10-2-1-7-19-8-10/h1-8H. The molecule has 0 bridgehead atoms. The van der Waals surface area contributed by atoms with Gasteiger partial charge in [0, 0.05) is 23.5 Å². The minimum absolute atomic E-state index is 0.282. The summed E-state index contributed by atoms with van der Waals surface area (Å²) in [4.78, 5) is 4.61. The normalized spacial score (nSPS) is 11.8. The van der Waals surface area contributed by atoms with E-state index in [2.05, 4.69) is 25.0 Å². The average Bonchev–Trinajstić information content (AvgIpc) is 3.15. The molecule has 0 amide bonds. The number of fused-ring (bicyclic) bond motifs is 1. The number of pyridine rings is 1. The van der Waals surface area contributed by atoms with Crippen molar-refractivity contribution in [2.24, 2.45) is 0 Å². The molecule has 0 aliphatic rings. The number of hydrogen-bond acceptors (Lipinski definition) is 6. The van der Waals surface area contributed by atoms with Crippen molar-refractivity contribution in [2.75, 3.05) is 0 Å². The molecule has 126 valence electrons. The molecule has 0 spiro atoms. The van der Waals surface area contributed by atoms with Crippen molar-refractivity contribution in [3.8, 4) is 27.7 Å². The molecule has 10 heteroatoms. The number of rotatable bonds is 3. The predicted molar refractivity (Wildman–Crippen MR) is 84.0 cm³/mol. The number of benzene rings is 1. The van der Waals surface area contributed by atoms with Gasteiger partial charge in [-0.25, -0.2) is 0 Å². The Hall–Kier alpha value is -3.01. The Morgan fingerprint density at radius 2 is 1.80 bits per heavy atom. The van der Waals surface area contributed by atoms with Gasteiger partial charge in [0.25, 0.3) is 0 Å². The van der Waals surface area contributed by atoms with Crippen molar-refractivity contribution < 1.29 is 17.9 Å². The maximum atomic E-state index is 12.2. The van der Waals surface area contributed by atoms with Crippen molar-refractivity contribution in [1.82, 2.24) is 24.8 Å². The van der Waals surface area contributed by atoms with E-state index in [4.69, 9.17) is 0 Å². The number of alkyl halides is 3. The Kier molecular flexibility index (Phi) is 3.61. The first kappa shape index (κ1) is 15.5. The number of nitrogens with zero attached hydrogens (tertiary/aromatic N) is 5. The van der Waals surface area contributed by atoms with Gasteiger partial charge in [0.15, 0.2) is 5.82 Å². The summed E-state index contributed by atoms with van der Waals surface area (Å²) in [7, 11) is 0. The largest absolute Gasteiger partial charge is 0.573 e. The second-order valence-electron chi connectivity index (χ2n) is 4.94. The van der Waals surface area contributed by atoms with E-state index in [-0.39, 0.29) is 5.75 Å². The van der Waals surface area contributed by atoms with Crippen LogP contribution in [0, 0.1) is 0 Å². The zero-order chi connectivity index (χ0) is 17.4. The second kappa shape index (κ2) is 5.81. The molecule has 0 aliphatic heterocycles. The van der Waals surface area contributed by atoms with Crippen molar-refractivity contribution in [3.63, 3.8) is 0 Å². The predicted octanol–water partition coefficient (Wildman–Crippen LogP) is 3.81. The van der Waals surface area contributed by atoms with E-state index >= 15 is 0 Å². The van der Waals surface area contributed by atoms with Crippen LogP contribution >= 0.6 is 11.3 Å². The zero-order valence-electron chi connectivity index (χ0n) is 12.3. The molecule has 25 heavy (non-hydrogen) atoms.